The van der Waals surface area contributed by atoms with Crippen molar-refractivity contribution in [3.8, 4) is 23.0 Å². The van der Waals surface area contributed by atoms with Crippen LogP contribution in [0.4, 0.5) is 0 Å². The quantitative estimate of drug-likeness (QED) is 0.230. The second kappa shape index (κ2) is 11.9. The second-order valence-corrected chi connectivity index (χ2v) is 11.2. The zero-order valence-electron chi connectivity index (χ0n) is 22.9. The molecule has 0 amide bonds. The van der Waals surface area contributed by atoms with Crippen LogP contribution in [0.15, 0.2) is 53.7 Å². The molecule has 3 aliphatic heterocycles. The fourth-order valence-corrected chi connectivity index (χ4v) is 7.33. The summed E-state index contributed by atoms with van der Waals surface area (Å²) in [4.78, 5) is 4.54. The Morgan fingerprint density at radius 2 is 1.87 bits per heavy atom. The lowest BCUT2D eigenvalue weighted by Gasteiger charge is -2.58. The minimum atomic E-state index is -0.665. The summed E-state index contributed by atoms with van der Waals surface area (Å²) in [5.41, 5.74) is 2.80. The molecule has 1 aromatic heterocycles. The standard InChI is InChI=1S/C30H36BrN2O5.ClH/c1-6-18-16-33(17-20-14-26(36-3)29(37-4)30(38-5)27(20)31)12-10-19(18)13-25(33)28(34)22-9-11-32-24-8-7-21(35-2)15-23(22)24;/h6-9,11,14-15,18-19,25,28,34H,1,10,12-13,16-17H2,2-5H3;1H/q+1;/t18?,19?,25-,28+,33?;/m0./s1. The van der Waals surface area contributed by atoms with Crippen molar-refractivity contribution in [2.75, 3.05) is 41.5 Å². The number of nitrogens with zero attached hydrogens (tertiary/aromatic N) is 2. The van der Waals surface area contributed by atoms with Crippen molar-refractivity contribution in [3.63, 3.8) is 0 Å². The smallest absolute Gasteiger partial charge is 0.204 e. The third-order valence-electron chi connectivity index (χ3n) is 8.67. The topological polar surface area (TPSA) is 70.0 Å². The van der Waals surface area contributed by atoms with E-state index in [0.717, 1.165) is 62.7 Å². The van der Waals surface area contributed by atoms with Gasteiger partial charge in [-0.25, -0.2) is 0 Å². The van der Waals surface area contributed by atoms with Crippen molar-refractivity contribution >= 4 is 39.2 Å². The van der Waals surface area contributed by atoms with Gasteiger partial charge in [-0.15, -0.1) is 19.0 Å². The molecule has 0 saturated carbocycles. The SMILES string of the molecule is C=CC1C[N+]2(Cc3cc(OC)c(OC)c(OC)c3Br)CCC1C[C@H]2[C@H](O)c1ccnc2ccc(OC)cc12.Cl. The number of methoxy groups -OCH3 is 4. The van der Waals surface area contributed by atoms with Gasteiger partial charge in [-0.2, -0.15) is 0 Å². The Morgan fingerprint density at radius 3 is 2.54 bits per heavy atom. The molecule has 6 rings (SSSR count). The molecule has 210 valence electrons. The first kappa shape index (κ1) is 29.5. The molecule has 3 unspecified atom stereocenters. The van der Waals surface area contributed by atoms with E-state index in [0.29, 0.717) is 35.6 Å². The molecule has 1 N–H and O–H groups in total. The molecule has 0 radical (unpaired) electrons. The number of pyridine rings is 1. The Morgan fingerprint density at radius 1 is 1.10 bits per heavy atom. The Bertz CT molecular complexity index is 1350. The van der Waals surface area contributed by atoms with Crippen LogP contribution in [0.25, 0.3) is 10.9 Å². The molecule has 4 heterocycles. The third kappa shape index (κ3) is 5.08. The number of aliphatic hydroxyl groups excluding tert-OH is 1. The second-order valence-electron chi connectivity index (χ2n) is 10.4. The van der Waals surface area contributed by atoms with Crippen molar-refractivity contribution in [3.05, 3.63) is 64.8 Å². The number of aliphatic hydroxyl groups is 1. The molecule has 3 aromatic rings. The fourth-order valence-electron chi connectivity index (χ4n) is 6.75. The number of benzene rings is 2. The highest BCUT2D eigenvalue weighted by Gasteiger charge is 2.54. The molecule has 0 aliphatic carbocycles. The van der Waals surface area contributed by atoms with Crippen LogP contribution in [0, 0.1) is 11.8 Å². The van der Waals surface area contributed by atoms with E-state index < -0.39 is 6.10 Å². The highest BCUT2D eigenvalue weighted by molar-refractivity contribution is 9.10. The van der Waals surface area contributed by atoms with Gasteiger partial charge in [-0.1, -0.05) is 6.08 Å². The number of piperidine rings is 3. The molecule has 0 spiro atoms. The largest absolute Gasteiger partial charge is 0.497 e. The highest BCUT2D eigenvalue weighted by atomic mass is 79.9. The zero-order chi connectivity index (χ0) is 27.0. The first-order valence-electron chi connectivity index (χ1n) is 13.0. The maximum Gasteiger partial charge on any atom is 0.204 e. The van der Waals surface area contributed by atoms with Gasteiger partial charge in [0.25, 0.3) is 0 Å². The van der Waals surface area contributed by atoms with Crippen LogP contribution in [-0.4, -0.2) is 62.1 Å². The summed E-state index contributed by atoms with van der Waals surface area (Å²) in [5, 5.41) is 13.0. The molecule has 7 nitrogen and oxygen atoms in total. The number of aromatic nitrogens is 1. The zero-order valence-corrected chi connectivity index (χ0v) is 25.3. The Hall–Kier alpha value is -2.52. The summed E-state index contributed by atoms with van der Waals surface area (Å²) in [6.45, 7) is 6.77. The van der Waals surface area contributed by atoms with Crippen LogP contribution in [0.1, 0.15) is 30.1 Å². The Kier molecular flexibility index (Phi) is 9.01. The van der Waals surface area contributed by atoms with Crippen molar-refractivity contribution in [1.82, 2.24) is 4.98 Å². The lowest BCUT2D eigenvalue weighted by atomic mass is 9.71. The van der Waals surface area contributed by atoms with Crippen molar-refractivity contribution < 1.29 is 28.5 Å². The number of quaternary nitrogens is 1. The molecule has 3 fully saturated rings. The van der Waals surface area contributed by atoms with Crippen LogP contribution < -0.4 is 18.9 Å². The van der Waals surface area contributed by atoms with E-state index >= 15 is 0 Å². The van der Waals surface area contributed by atoms with Crippen molar-refractivity contribution in [1.29, 1.82) is 0 Å². The lowest BCUT2D eigenvalue weighted by Crippen LogP contribution is -2.67. The van der Waals surface area contributed by atoms with Crippen LogP contribution >= 0.6 is 28.3 Å². The molecule has 39 heavy (non-hydrogen) atoms. The van der Waals surface area contributed by atoms with E-state index in [4.69, 9.17) is 18.9 Å². The fraction of sp³-hybridized carbons (Fsp3) is 0.433. The number of rotatable bonds is 9. The van der Waals surface area contributed by atoms with Crippen molar-refractivity contribution in [2.45, 2.75) is 31.5 Å². The van der Waals surface area contributed by atoms with Gasteiger partial charge in [0.1, 0.15) is 24.4 Å². The monoisotopic (exact) mass is 619 g/mol. The highest BCUT2D eigenvalue weighted by Crippen LogP contribution is 2.51. The van der Waals surface area contributed by atoms with Gasteiger partial charge < -0.3 is 28.5 Å². The third-order valence-corrected chi connectivity index (χ3v) is 9.54. The normalized spacial score (nSPS) is 24.5. The number of hydrogen-bond acceptors (Lipinski definition) is 6. The average molecular weight is 621 g/mol. The summed E-state index contributed by atoms with van der Waals surface area (Å²) in [7, 11) is 6.54. The van der Waals surface area contributed by atoms with E-state index in [9.17, 15) is 5.11 Å². The van der Waals surface area contributed by atoms with Gasteiger partial charge in [-0.3, -0.25) is 4.98 Å². The number of ether oxygens (including phenoxy) is 4. The van der Waals surface area contributed by atoms with Crippen LogP contribution in [0.2, 0.25) is 0 Å². The Balaban J connectivity index is 0.00000353. The van der Waals surface area contributed by atoms with Crippen molar-refractivity contribution in [2.24, 2.45) is 11.8 Å². The van der Waals surface area contributed by atoms with Gasteiger partial charge in [-0.05, 0) is 57.7 Å². The molecule has 9 heteroatoms. The van der Waals surface area contributed by atoms with E-state index in [1.54, 1.807) is 34.6 Å². The molecule has 2 aromatic carbocycles. The van der Waals surface area contributed by atoms with Gasteiger partial charge in [0, 0.05) is 35.9 Å². The minimum Gasteiger partial charge on any atom is -0.497 e. The van der Waals surface area contributed by atoms with Crippen LogP contribution in [0.3, 0.4) is 0 Å². The first-order valence-corrected chi connectivity index (χ1v) is 13.7. The lowest BCUT2D eigenvalue weighted by molar-refractivity contribution is -0.985. The van der Waals surface area contributed by atoms with Crippen LogP contribution in [0.5, 0.6) is 23.0 Å². The van der Waals surface area contributed by atoms with E-state index in [1.165, 1.54) is 0 Å². The summed E-state index contributed by atoms with van der Waals surface area (Å²) < 4.78 is 24.1. The number of hydrogen-bond donors (Lipinski definition) is 1. The molecular formula is C30H37BrClN2O5+. The molecular weight excluding hydrogens is 584 g/mol. The predicted octanol–water partition coefficient (Wildman–Crippen LogP) is 6.10. The summed E-state index contributed by atoms with van der Waals surface area (Å²) in [6, 6.07) is 9.81. The van der Waals surface area contributed by atoms with Gasteiger partial charge in [0.15, 0.2) is 11.5 Å². The summed E-state index contributed by atoms with van der Waals surface area (Å²) in [6.07, 6.45) is 5.26. The van der Waals surface area contributed by atoms with Gasteiger partial charge in [0.2, 0.25) is 5.75 Å². The number of fused-ring (bicyclic) bond motifs is 4. The average Bonchev–Trinajstić information content (AvgIpc) is 2.96. The van der Waals surface area contributed by atoms with E-state index in [1.807, 2.05) is 30.3 Å². The van der Waals surface area contributed by atoms with Gasteiger partial charge >= 0.3 is 0 Å². The summed E-state index contributed by atoms with van der Waals surface area (Å²) >= 11 is 3.80. The minimum absolute atomic E-state index is 0. The maximum absolute atomic E-state index is 12.1. The Labute approximate surface area is 244 Å². The first-order chi connectivity index (χ1) is 18.4. The molecule has 3 saturated heterocycles. The van der Waals surface area contributed by atoms with E-state index in [-0.39, 0.29) is 18.4 Å². The maximum atomic E-state index is 12.1. The van der Waals surface area contributed by atoms with Gasteiger partial charge in [0.05, 0.1) is 51.5 Å². The predicted molar refractivity (Wildman–Crippen MR) is 158 cm³/mol. The van der Waals surface area contributed by atoms with E-state index in [2.05, 4.69) is 33.6 Å². The number of halogens is 2. The van der Waals surface area contributed by atoms with Crippen LogP contribution in [-0.2, 0) is 6.54 Å². The molecule has 2 bridgehead atoms. The molecule has 3 aliphatic rings. The molecule has 5 atom stereocenters. The summed E-state index contributed by atoms with van der Waals surface area (Å²) in [5.74, 6) is 3.45.